The number of rotatable bonds is 6. The molecule has 0 aliphatic carbocycles. The van der Waals surface area contributed by atoms with E-state index in [0.29, 0.717) is 35.1 Å². The summed E-state index contributed by atoms with van der Waals surface area (Å²) in [6, 6.07) is 17.8. The Morgan fingerprint density at radius 2 is 1.63 bits per heavy atom. The Balaban J connectivity index is 1.85. The van der Waals surface area contributed by atoms with E-state index in [-0.39, 0.29) is 17.1 Å². The number of hydrogen-bond donors (Lipinski definition) is 2. The summed E-state index contributed by atoms with van der Waals surface area (Å²) >= 11 is 0. The largest absolute Gasteiger partial charge is 0.508 e. The molecule has 35 heavy (non-hydrogen) atoms. The Hall–Kier alpha value is -4.06. The first-order valence-corrected chi connectivity index (χ1v) is 11.6. The van der Waals surface area contributed by atoms with Crippen LogP contribution < -0.4 is 9.64 Å². The van der Waals surface area contributed by atoms with Crippen molar-refractivity contribution in [3.05, 3.63) is 94.6 Å². The van der Waals surface area contributed by atoms with Crippen molar-refractivity contribution < 1.29 is 24.5 Å². The molecule has 1 amide bonds. The first-order chi connectivity index (χ1) is 16.7. The van der Waals surface area contributed by atoms with Crippen LogP contribution in [0.1, 0.15) is 42.1 Å². The molecule has 0 saturated carbocycles. The van der Waals surface area contributed by atoms with Crippen molar-refractivity contribution >= 4 is 23.1 Å². The lowest BCUT2D eigenvalue weighted by atomic mass is 9.94. The molecule has 3 aromatic carbocycles. The molecule has 1 saturated heterocycles. The number of aryl methyl sites for hydroxylation is 1. The number of carbonyl (C=O) groups excluding carboxylic acids is 2. The lowest BCUT2D eigenvalue weighted by Gasteiger charge is -2.27. The average molecular weight is 472 g/mol. The number of phenols is 1. The van der Waals surface area contributed by atoms with Crippen molar-refractivity contribution in [2.24, 2.45) is 5.92 Å². The van der Waals surface area contributed by atoms with Crippen LogP contribution in [0.3, 0.4) is 0 Å². The summed E-state index contributed by atoms with van der Waals surface area (Å²) in [6.45, 7) is 8.51. The Labute approximate surface area is 205 Å². The molecule has 0 bridgehead atoms. The zero-order chi connectivity index (χ0) is 25.3. The molecule has 0 aromatic heterocycles. The van der Waals surface area contributed by atoms with E-state index >= 15 is 0 Å². The van der Waals surface area contributed by atoms with Crippen LogP contribution in [0.5, 0.6) is 11.5 Å². The van der Waals surface area contributed by atoms with Crippen LogP contribution in [-0.4, -0.2) is 28.5 Å². The highest BCUT2D eigenvalue weighted by Gasteiger charge is 2.47. The molecule has 1 unspecified atom stereocenters. The molecule has 1 aliphatic rings. The minimum absolute atomic E-state index is 0.00237. The van der Waals surface area contributed by atoms with E-state index in [9.17, 15) is 19.8 Å². The number of anilines is 1. The van der Waals surface area contributed by atoms with Crippen LogP contribution in [-0.2, 0) is 9.59 Å². The molecule has 180 valence electrons. The van der Waals surface area contributed by atoms with Crippen LogP contribution in [0.15, 0.2) is 72.3 Å². The fourth-order valence-electron chi connectivity index (χ4n) is 4.18. The number of ketones is 1. The van der Waals surface area contributed by atoms with Gasteiger partial charge >= 0.3 is 0 Å². The summed E-state index contributed by atoms with van der Waals surface area (Å²) in [5, 5.41) is 21.1. The van der Waals surface area contributed by atoms with Crippen molar-refractivity contribution in [1.82, 2.24) is 0 Å². The van der Waals surface area contributed by atoms with Crippen molar-refractivity contribution in [3.8, 4) is 11.5 Å². The summed E-state index contributed by atoms with van der Waals surface area (Å²) in [6.07, 6.45) is 0. The number of ether oxygens (including phenoxy) is 1. The van der Waals surface area contributed by atoms with Gasteiger partial charge in [0.2, 0.25) is 0 Å². The van der Waals surface area contributed by atoms with Gasteiger partial charge in [0.1, 0.15) is 17.3 Å². The third-order valence-electron chi connectivity index (χ3n) is 6.20. The third kappa shape index (κ3) is 4.64. The van der Waals surface area contributed by atoms with E-state index < -0.39 is 17.7 Å². The Morgan fingerprint density at radius 1 is 0.971 bits per heavy atom. The van der Waals surface area contributed by atoms with Gasteiger partial charge in [-0.05, 0) is 78.9 Å². The normalized spacial score (nSPS) is 17.3. The predicted molar refractivity (Wildman–Crippen MR) is 136 cm³/mol. The van der Waals surface area contributed by atoms with Gasteiger partial charge in [-0.15, -0.1) is 0 Å². The van der Waals surface area contributed by atoms with Gasteiger partial charge in [0, 0.05) is 11.3 Å². The molecular formula is C29H29NO5. The van der Waals surface area contributed by atoms with Crippen LogP contribution in [0.2, 0.25) is 0 Å². The number of phenolic OH excluding ortho intramolecular Hbond substituents is 1. The highest BCUT2D eigenvalue weighted by Crippen LogP contribution is 2.43. The van der Waals surface area contributed by atoms with Gasteiger partial charge in [0.05, 0.1) is 18.2 Å². The number of amides is 1. The fourth-order valence-corrected chi connectivity index (χ4v) is 4.18. The van der Waals surface area contributed by atoms with Crippen molar-refractivity contribution in [1.29, 1.82) is 0 Å². The molecular weight excluding hydrogens is 442 g/mol. The van der Waals surface area contributed by atoms with Crippen molar-refractivity contribution in [3.63, 3.8) is 0 Å². The molecule has 4 rings (SSSR count). The number of nitrogens with zero attached hydrogens (tertiary/aromatic N) is 1. The Kier molecular flexibility index (Phi) is 6.65. The van der Waals surface area contributed by atoms with Gasteiger partial charge in [-0.2, -0.15) is 0 Å². The molecule has 0 spiro atoms. The van der Waals surface area contributed by atoms with E-state index in [0.717, 1.165) is 11.1 Å². The lowest BCUT2D eigenvalue weighted by molar-refractivity contribution is -0.132. The number of aromatic hydroxyl groups is 1. The minimum atomic E-state index is -0.854. The van der Waals surface area contributed by atoms with Crippen molar-refractivity contribution in [2.45, 2.75) is 33.7 Å². The number of hydrogen-bond acceptors (Lipinski definition) is 5. The average Bonchev–Trinajstić information content (AvgIpc) is 3.10. The second-order valence-corrected chi connectivity index (χ2v) is 9.21. The molecule has 6 nitrogen and oxygen atoms in total. The maximum absolute atomic E-state index is 13.3. The Morgan fingerprint density at radius 3 is 2.26 bits per heavy atom. The van der Waals surface area contributed by atoms with E-state index in [1.54, 1.807) is 42.5 Å². The van der Waals surface area contributed by atoms with Crippen LogP contribution in [0.25, 0.3) is 5.76 Å². The minimum Gasteiger partial charge on any atom is -0.508 e. The van der Waals surface area contributed by atoms with E-state index in [4.69, 9.17) is 4.74 Å². The number of benzene rings is 3. The predicted octanol–water partition coefficient (Wildman–Crippen LogP) is 5.67. The molecule has 2 N–H and O–H groups in total. The summed E-state index contributed by atoms with van der Waals surface area (Å²) < 4.78 is 5.72. The molecule has 0 radical (unpaired) electrons. The number of carbonyl (C=O) groups is 2. The quantitative estimate of drug-likeness (QED) is 0.275. The molecule has 1 heterocycles. The summed E-state index contributed by atoms with van der Waals surface area (Å²) in [7, 11) is 0. The first kappa shape index (κ1) is 24.1. The van der Waals surface area contributed by atoms with E-state index in [1.165, 1.54) is 17.0 Å². The molecule has 3 aromatic rings. The maximum atomic E-state index is 13.3. The van der Waals surface area contributed by atoms with Gasteiger partial charge < -0.3 is 14.9 Å². The van der Waals surface area contributed by atoms with Gasteiger partial charge in [-0.3, -0.25) is 14.5 Å². The maximum Gasteiger partial charge on any atom is 0.300 e. The monoisotopic (exact) mass is 471 g/mol. The molecule has 1 fully saturated rings. The van der Waals surface area contributed by atoms with Gasteiger partial charge in [-0.1, -0.05) is 38.1 Å². The van der Waals surface area contributed by atoms with Crippen molar-refractivity contribution in [2.75, 3.05) is 11.5 Å². The zero-order valence-corrected chi connectivity index (χ0v) is 20.3. The zero-order valence-electron chi connectivity index (χ0n) is 20.3. The highest BCUT2D eigenvalue weighted by atomic mass is 16.5. The summed E-state index contributed by atoms with van der Waals surface area (Å²) in [4.78, 5) is 28.1. The first-order valence-electron chi connectivity index (χ1n) is 11.6. The second kappa shape index (κ2) is 9.66. The number of Topliss-reactive ketones (excluding diaryl/α,β-unsaturated/α-hetero) is 1. The fraction of sp³-hybridized carbons (Fsp3) is 0.241. The molecule has 6 heteroatoms. The topological polar surface area (TPSA) is 87.1 Å². The molecule has 1 aliphatic heterocycles. The van der Waals surface area contributed by atoms with E-state index in [2.05, 4.69) is 13.8 Å². The third-order valence-corrected chi connectivity index (χ3v) is 6.20. The van der Waals surface area contributed by atoms with Gasteiger partial charge in [0.15, 0.2) is 0 Å². The van der Waals surface area contributed by atoms with Crippen LogP contribution in [0.4, 0.5) is 5.69 Å². The SMILES string of the molecule is Cc1cccc(N2C(=O)C(=O)/C(=C(/O)c3ccc(OCC(C)C)cc3)C2c2ccc(O)cc2)c1C. The lowest BCUT2D eigenvalue weighted by Crippen LogP contribution is -2.30. The number of aliphatic hydroxyl groups excluding tert-OH is 1. The van der Waals surface area contributed by atoms with Gasteiger partial charge in [0.25, 0.3) is 11.7 Å². The van der Waals surface area contributed by atoms with E-state index in [1.807, 2.05) is 26.0 Å². The summed E-state index contributed by atoms with van der Waals surface area (Å²) in [5.74, 6) is -0.647. The van der Waals surface area contributed by atoms with Gasteiger partial charge in [-0.25, -0.2) is 0 Å². The Bertz CT molecular complexity index is 1290. The smallest absolute Gasteiger partial charge is 0.300 e. The number of aliphatic hydroxyl groups is 1. The second-order valence-electron chi connectivity index (χ2n) is 9.21. The van der Waals surface area contributed by atoms with Crippen LogP contribution >= 0.6 is 0 Å². The standard InChI is InChI=1S/C29H29NO5/c1-17(2)16-35-23-14-10-21(11-15-23)27(32)25-26(20-8-12-22(31)13-9-20)30(29(34)28(25)33)24-7-5-6-18(3)19(24)4/h5-15,17,26,31-32H,16H2,1-4H3/b27-25+. The highest BCUT2D eigenvalue weighted by molar-refractivity contribution is 6.51. The van der Waals surface area contributed by atoms with Crippen LogP contribution in [0, 0.1) is 19.8 Å². The molecule has 1 atom stereocenters. The summed E-state index contributed by atoms with van der Waals surface area (Å²) in [5.41, 5.74) is 3.45.